The fourth-order valence-corrected chi connectivity index (χ4v) is 4.96. The Morgan fingerprint density at radius 2 is 1.72 bits per heavy atom. The lowest BCUT2D eigenvalue weighted by Gasteiger charge is -2.42. The van der Waals surface area contributed by atoms with E-state index in [4.69, 9.17) is 10.2 Å². The predicted octanol–water partition coefficient (Wildman–Crippen LogP) is 5.54. The third-order valence-corrected chi connectivity index (χ3v) is 11.1. The van der Waals surface area contributed by atoms with Gasteiger partial charge in [-0.15, -0.1) is 0 Å². The number of hydrogen-bond donors (Lipinski definition) is 1. The summed E-state index contributed by atoms with van der Waals surface area (Å²) in [5.74, 6) is 1.11. The van der Waals surface area contributed by atoms with Crippen molar-refractivity contribution >= 4 is 14.6 Å². The lowest BCUT2D eigenvalue weighted by atomic mass is 9.82. The molecule has 1 aliphatic rings. The summed E-state index contributed by atoms with van der Waals surface area (Å²) in [4.78, 5) is 11.6. The zero-order valence-corrected chi connectivity index (χ0v) is 18.8. The van der Waals surface area contributed by atoms with Crippen LogP contribution in [0.2, 0.25) is 18.1 Å². The van der Waals surface area contributed by atoms with E-state index in [1.165, 1.54) is 32.1 Å². The zero-order chi connectivity index (χ0) is 19.3. The molecule has 0 saturated heterocycles. The molecule has 0 amide bonds. The van der Waals surface area contributed by atoms with E-state index in [0.717, 1.165) is 25.0 Å². The van der Waals surface area contributed by atoms with Crippen molar-refractivity contribution in [1.29, 1.82) is 0 Å². The Labute approximate surface area is 157 Å². The van der Waals surface area contributed by atoms with Crippen LogP contribution in [-0.2, 0) is 9.22 Å². The van der Waals surface area contributed by atoms with E-state index in [0.29, 0.717) is 5.92 Å². The van der Waals surface area contributed by atoms with Crippen molar-refractivity contribution in [1.82, 2.24) is 0 Å². The van der Waals surface area contributed by atoms with E-state index in [9.17, 15) is 4.79 Å². The number of carbonyl (C=O) groups excluding carboxylic acids is 1. The van der Waals surface area contributed by atoms with Crippen LogP contribution in [0.3, 0.4) is 0 Å². The van der Waals surface area contributed by atoms with Gasteiger partial charge in [0.15, 0.2) is 8.32 Å². The molecule has 1 aliphatic carbocycles. The monoisotopic (exact) mass is 369 g/mol. The first kappa shape index (κ1) is 22.8. The van der Waals surface area contributed by atoms with Crippen LogP contribution in [0.25, 0.3) is 0 Å². The molecular formula is C21H43NO2Si. The Morgan fingerprint density at radius 1 is 1.16 bits per heavy atom. The van der Waals surface area contributed by atoms with Crippen LogP contribution >= 0.6 is 0 Å². The summed E-state index contributed by atoms with van der Waals surface area (Å²) in [6, 6.07) is 0.0402. The maximum absolute atomic E-state index is 11.6. The first-order chi connectivity index (χ1) is 11.5. The molecular weight excluding hydrogens is 326 g/mol. The van der Waals surface area contributed by atoms with Gasteiger partial charge in [-0.2, -0.15) is 0 Å². The van der Waals surface area contributed by atoms with Crippen molar-refractivity contribution in [3.8, 4) is 0 Å². The maximum Gasteiger partial charge on any atom is 0.192 e. The first-order valence-corrected chi connectivity index (χ1v) is 13.3. The molecule has 0 aromatic carbocycles. The number of aldehydes is 1. The lowest BCUT2D eigenvalue weighted by molar-refractivity contribution is -0.113. The molecule has 1 rings (SSSR count). The van der Waals surface area contributed by atoms with Crippen molar-refractivity contribution in [2.24, 2.45) is 23.5 Å². The first-order valence-electron chi connectivity index (χ1n) is 10.4. The average Bonchev–Trinajstić information content (AvgIpc) is 2.50. The molecule has 0 spiro atoms. The number of hydrogen-bond acceptors (Lipinski definition) is 3. The number of rotatable bonds is 9. The van der Waals surface area contributed by atoms with E-state index in [-0.39, 0.29) is 23.1 Å². The Bertz CT molecular complexity index is 397. The second kappa shape index (κ2) is 9.66. The van der Waals surface area contributed by atoms with Crippen molar-refractivity contribution in [2.75, 3.05) is 0 Å². The molecule has 1 fully saturated rings. The van der Waals surface area contributed by atoms with Crippen LogP contribution in [0, 0.1) is 17.8 Å². The van der Waals surface area contributed by atoms with Gasteiger partial charge in [0.05, 0.1) is 6.10 Å². The Morgan fingerprint density at radius 3 is 2.16 bits per heavy atom. The second-order valence-corrected chi connectivity index (χ2v) is 14.9. The van der Waals surface area contributed by atoms with Gasteiger partial charge in [-0.3, -0.25) is 0 Å². The van der Waals surface area contributed by atoms with E-state index in [1.54, 1.807) is 0 Å². The summed E-state index contributed by atoms with van der Waals surface area (Å²) in [6.07, 6.45) is 9.59. The molecule has 3 atom stereocenters. The van der Waals surface area contributed by atoms with Gasteiger partial charge in [-0.1, -0.05) is 66.7 Å². The summed E-state index contributed by atoms with van der Waals surface area (Å²) in [5, 5.41) is 0.157. The average molecular weight is 370 g/mol. The van der Waals surface area contributed by atoms with E-state index in [1.807, 2.05) is 0 Å². The van der Waals surface area contributed by atoms with E-state index in [2.05, 4.69) is 47.7 Å². The predicted molar refractivity (Wildman–Crippen MR) is 110 cm³/mol. The highest BCUT2D eigenvalue weighted by Crippen LogP contribution is 2.39. The lowest BCUT2D eigenvalue weighted by Crippen LogP contribution is -2.50. The van der Waals surface area contributed by atoms with Crippen LogP contribution < -0.4 is 5.73 Å². The molecule has 0 aliphatic heterocycles. The quantitative estimate of drug-likeness (QED) is 0.429. The van der Waals surface area contributed by atoms with Gasteiger partial charge in [0.2, 0.25) is 0 Å². The smallest absolute Gasteiger partial charge is 0.192 e. The fraction of sp³-hybridized carbons (Fsp3) is 0.952. The molecule has 148 valence electrons. The Hall–Kier alpha value is -0.193. The van der Waals surface area contributed by atoms with Crippen molar-refractivity contribution < 1.29 is 9.22 Å². The van der Waals surface area contributed by atoms with Crippen molar-refractivity contribution in [3.63, 3.8) is 0 Å². The minimum atomic E-state index is -1.91. The highest BCUT2D eigenvalue weighted by molar-refractivity contribution is 6.74. The van der Waals surface area contributed by atoms with Gasteiger partial charge < -0.3 is 15.0 Å². The van der Waals surface area contributed by atoms with Gasteiger partial charge in [0, 0.05) is 12.0 Å². The standard InChI is InChI=1S/C21H43NO2Si/c1-16(2)18(15-23)14-20(24-25(6,7)21(3,4)5)19(22)13-17-11-9-8-10-12-17/h15-20H,8-14,22H2,1-7H3/t18-,19+,20+/m1/s1. The van der Waals surface area contributed by atoms with Gasteiger partial charge in [0.1, 0.15) is 6.29 Å². The van der Waals surface area contributed by atoms with E-state index < -0.39 is 8.32 Å². The van der Waals surface area contributed by atoms with Gasteiger partial charge in [-0.05, 0) is 42.8 Å². The molecule has 0 unspecified atom stereocenters. The summed E-state index contributed by atoms with van der Waals surface area (Å²) < 4.78 is 6.74. The van der Waals surface area contributed by atoms with Crippen LogP contribution in [-0.4, -0.2) is 26.7 Å². The van der Waals surface area contributed by atoms with E-state index >= 15 is 0 Å². The van der Waals surface area contributed by atoms with Crippen LogP contribution in [0.15, 0.2) is 0 Å². The summed E-state index contributed by atoms with van der Waals surface area (Å²) in [5.41, 5.74) is 6.68. The minimum Gasteiger partial charge on any atom is -0.412 e. The summed E-state index contributed by atoms with van der Waals surface area (Å²) in [6.45, 7) is 15.6. The minimum absolute atomic E-state index is 0.000387. The molecule has 0 aromatic rings. The van der Waals surface area contributed by atoms with Gasteiger partial charge in [-0.25, -0.2) is 0 Å². The molecule has 0 heterocycles. The van der Waals surface area contributed by atoms with Crippen molar-refractivity contribution in [3.05, 3.63) is 0 Å². The zero-order valence-electron chi connectivity index (χ0n) is 17.8. The highest BCUT2D eigenvalue weighted by Gasteiger charge is 2.41. The number of nitrogens with two attached hydrogens (primary N) is 1. The maximum atomic E-state index is 11.6. The molecule has 0 bridgehead atoms. The molecule has 3 nitrogen and oxygen atoms in total. The van der Waals surface area contributed by atoms with Crippen LogP contribution in [0.1, 0.15) is 79.6 Å². The molecule has 1 saturated carbocycles. The highest BCUT2D eigenvalue weighted by atomic mass is 28.4. The Kier molecular flexibility index (Phi) is 8.83. The molecule has 4 heteroatoms. The van der Waals surface area contributed by atoms with Gasteiger partial charge >= 0.3 is 0 Å². The summed E-state index contributed by atoms with van der Waals surface area (Å²) >= 11 is 0. The largest absolute Gasteiger partial charge is 0.412 e. The molecule has 25 heavy (non-hydrogen) atoms. The molecule has 0 aromatic heterocycles. The SMILES string of the molecule is CC(C)[C@@H](C=O)C[C@H](O[Si](C)(C)C(C)(C)C)[C@@H](N)CC1CCCCC1. The van der Waals surface area contributed by atoms with Crippen LogP contribution in [0.5, 0.6) is 0 Å². The third-order valence-electron chi connectivity index (χ3n) is 6.60. The summed E-state index contributed by atoms with van der Waals surface area (Å²) in [7, 11) is -1.91. The topological polar surface area (TPSA) is 52.3 Å². The van der Waals surface area contributed by atoms with Crippen molar-refractivity contribution in [2.45, 2.75) is 110 Å². The Balaban J connectivity index is 2.86. The fourth-order valence-electron chi connectivity index (χ4n) is 3.58. The molecule has 2 N–H and O–H groups in total. The van der Waals surface area contributed by atoms with Crippen LogP contribution in [0.4, 0.5) is 0 Å². The molecule has 0 radical (unpaired) electrons. The number of carbonyl (C=O) groups is 1. The third kappa shape index (κ3) is 7.14. The second-order valence-electron chi connectivity index (χ2n) is 10.1. The normalized spacial score (nSPS) is 21.2. The van der Waals surface area contributed by atoms with Gasteiger partial charge in [0.25, 0.3) is 0 Å².